The molecule has 0 saturated carbocycles. The highest BCUT2D eigenvalue weighted by Crippen LogP contribution is 2.29. The van der Waals surface area contributed by atoms with Crippen LogP contribution < -0.4 is 4.90 Å². The Morgan fingerprint density at radius 3 is 2.25 bits per heavy atom. The molecule has 0 aliphatic rings. The van der Waals surface area contributed by atoms with Gasteiger partial charge in [0.15, 0.2) is 0 Å². The number of benzene rings is 2. The predicted molar refractivity (Wildman–Crippen MR) is 113 cm³/mol. The normalized spacial score (nSPS) is 11.8. The summed E-state index contributed by atoms with van der Waals surface area (Å²) in [5.74, 6) is 1.15. The Morgan fingerprint density at radius 2 is 1.68 bits per heavy atom. The molecule has 0 bridgehead atoms. The molecule has 0 aliphatic carbocycles. The number of carbonyl (C=O) groups excluding carboxylic acids is 1. The second-order valence-electron chi connectivity index (χ2n) is 7.27. The maximum Gasteiger partial charge on any atom is 0.219 e. The molecule has 28 heavy (non-hydrogen) atoms. The molecule has 3 aromatic rings. The highest BCUT2D eigenvalue weighted by molar-refractivity contribution is 5.73. The SMILES string of the molecule is CC(=O)N(CC[C@@H](c1ccccc1)c1ccco1)Cc1ccc(N(C)C)cc1. The maximum atomic E-state index is 12.3. The van der Waals surface area contributed by atoms with Gasteiger partial charge in [-0.05, 0) is 41.8 Å². The van der Waals surface area contributed by atoms with Crippen molar-refractivity contribution in [2.45, 2.75) is 25.8 Å². The molecule has 3 rings (SSSR count). The van der Waals surface area contributed by atoms with Gasteiger partial charge in [-0.25, -0.2) is 0 Å². The van der Waals surface area contributed by atoms with Gasteiger partial charge >= 0.3 is 0 Å². The molecule has 1 atom stereocenters. The lowest BCUT2D eigenvalue weighted by Gasteiger charge is -2.24. The molecule has 4 heteroatoms. The van der Waals surface area contributed by atoms with E-state index in [9.17, 15) is 4.79 Å². The lowest BCUT2D eigenvalue weighted by molar-refractivity contribution is -0.129. The van der Waals surface area contributed by atoms with Gasteiger partial charge in [-0.1, -0.05) is 42.5 Å². The Labute approximate surface area is 167 Å². The van der Waals surface area contributed by atoms with Crippen molar-refractivity contribution >= 4 is 11.6 Å². The van der Waals surface area contributed by atoms with Crippen LogP contribution in [0.3, 0.4) is 0 Å². The number of carbonyl (C=O) groups is 1. The average molecular weight is 377 g/mol. The molecule has 0 saturated heterocycles. The minimum Gasteiger partial charge on any atom is -0.469 e. The zero-order valence-electron chi connectivity index (χ0n) is 16.8. The quantitative estimate of drug-likeness (QED) is 0.560. The molecule has 0 radical (unpaired) electrons. The first kappa shape index (κ1) is 19.7. The number of hydrogen-bond acceptors (Lipinski definition) is 3. The van der Waals surface area contributed by atoms with Crippen molar-refractivity contribution < 1.29 is 9.21 Å². The van der Waals surface area contributed by atoms with E-state index in [0.717, 1.165) is 23.4 Å². The van der Waals surface area contributed by atoms with E-state index in [2.05, 4.69) is 41.3 Å². The van der Waals surface area contributed by atoms with Crippen LogP contribution in [0.25, 0.3) is 0 Å². The lowest BCUT2D eigenvalue weighted by atomic mass is 9.93. The van der Waals surface area contributed by atoms with E-state index >= 15 is 0 Å². The summed E-state index contributed by atoms with van der Waals surface area (Å²) in [7, 11) is 4.05. The zero-order chi connectivity index (χ0) is 19.9. The van der Waals surface area contributed by atoms with Gasteiger partial charge in [0.25, 0.3) is 0 Å². The van der Waals surface area contributed by atoms with Crippen molar-refractivity contribution in [3.8, 4) is 0 Å². The van der Waals surface area contributed by atoms with Crippen LogP contribution in [-0.2, 0) is 11.3 Å². The number of furan rings is 1. The van der Waals surface area contributed by atoms with Gasteiger partial charge < -0.3 is 14.2 Å². The summed E-state index contributed by atoms with van der Waals surface area (Å²) < 4.78 is 5.69. The number of rotatable bonds is 8. The number of nitrogens with zero attached hydrogens (tertiary/aromatic N) is 2. The summed E-state index contributed by atoms with van der Waals surface area (Å²) in [6.45, 7) is 2.92. The van der Waals surface area contributed by atoms with Crippen LogP contribution in [0.1, 0.15) is 36.1 Å². The Bertz CT molecular complexity index is 855. The van der Waals surface area contributed by atoms with Crippen LogP contribution in [0, 0.1) is 0 Å². The monoisotopic (exact) mass is 376 g/mol. The minimum atomic E-state index is 0.0861. The number of hydrogen-bond donors (Lipinski definition) is 0. The molecule has 146 valence electrons. The van der Waals surface area contributed by atoms with Crippen molar-refractivity contribution in [3.63, 3.8) is 0 Å². The van der Waals surface area contributed by atoms with Crippen LogP contribution in [0.5, 0.6) is 0 Å². The Balaban J connectivity index is 1.71. The van der Waals surface area contributed by atoms with Crippen molar-refractivity contribution in [3.05, 3.63) is 89.9 Å². The fourth-order valence-electron chi connectivity index (χ4n) is 3.40. The van der Waals surface area contributed by atoms with Gasteiger partial charge in [-0.15, -0.1) is 0 Å². The summed E-state index contributed by atoms with van der Waals surface area (Å²) >= 11 is 0. The minimum absolute atomic E-state index is 0.0861. The van der Waals surface area contributed by atoms with Crippen LogP contribution >= 0.6 is 0 Å². The molecule has 2 aromatic carbocycles. The van der Waals surface area contributed by atoms with E-state index in [1.165, 1.54) is 5.56 Å². The number of anilines is 1. The molecule has 1 amide bonds. The van der Waals surface area contributed by atoms with E-state index in [4.69, 9.17) is 4.42 Å². The molecule has 0 aliphatic heterocycles. The van der Waals surface area contributed by atoms with E-state index < -0.39 is 0 Å². The largest absolute Gasteiger partial charge is 0.469 e. The van der Waals surface area contributed by atoms with Gasteiger partial charge in [-0.3, -0.25) is 4.79 Å². The smallest absolute Gasteiger partial charge is 0.219 e. The second-order valence-corrected chi connectivity index (χ2v) is 7.27. The first-order chi connectivity index (χ1) is 13.5. The first-order valence-electron chi connectivity index (χ1n) is 9.64. The maximum absolute atomic E-state index is 12.3. The highest BCUT2D eigenvalue weighted by atomic mass is 16.3. The fourth-order valence-corrected chi connectivity index (χ4v) is 3.40. The number of amides is 1. The highest BCUT2D eigenvalue weighted by Gasteiger charge is 2.19. The summed E-state index contributed by atoms with van der Waals surface area (Å²) in [4.78, 5) is 16.2. The predicted octanol–water partition coefficient (Wildman–Crippen LogP) is 4.92. The van der Waals surface area contributed by atoms with Crippen molar-refractivity contribution in [2.24, 2.45) is 0 Å². The topological polar surface area (TPSA) is 36.7 Å². The van der Waals surface area contributed by atoms with Crippen LogP contribution in [0.15, 0.2) is 77.4 Å². The molecule has 0 fully saturated rings. The molecular formula is C24H28N2O2. The van der Waals surface area contributed by atoms with Gasteiger partial charge in [0.05, 0.1) is 6.26 Å². The van der Waals surface area contributed by atoms with E-state index in [1.807, 2.05) is 49.3 Å². The molecule has 0 N–H and O–H groups in total. The third-order valence-corrected chi connectivity index (χ3v) is 5.05. The first-order valence-corrected chi connectivity index (χ1v) is 9.64. The van der Waals surface area contributed by atoms with Crippen molar-refractivity contribution in [2.75, 3.05) is 25.5 Å². The van der Waals surface area contributed by atoms with Crippen LogP contribution in [0.4, 0.5) is 5.69 Å². The van der Waals surface area contributed by atoms with Crippen LogP contribution in [-0.4, -0.2) is 31.4 Å². The second kappa shape index (κ2) is 9.27. The van der Waals surface area contributed by atoms with E-state index in [-0.39, 0.29) is 11.8 Å². The summed E-state index contributed by atoms with van der Waals surface area (Å²) in [5, 5.41) is 0. The van der Waals surface area contributed by atoms with E-state index in [0.29, 0.717) is 13.1 Å². The molecule has 4 nitrogen and oxygen atoms in total. The molecule has 0 unspecified atom stereocenters. The zero-order valence-corrected chi connectivity index (χ0v) is 16.8. The summed E-state index contributed by atoms with van der Waals surface area (Å²) in [6.07, 6.45) is 2.52. The van der Waals surface area contributed by atoms with Gasteiger partial charge in [0.2, 0.25) is 5.91 Å². The van der Waals surface area contributed by atoms with Gasteiger partial charge in [0.1, 0.15) is 5.76 Å². The molecular weight excluding hydrogens is 348 g/mol. The van der Waals surface area contributed by atoms with Gasteiger partial charge in [-0.2, -0.15) is 0 Å². The summed E-state index contributed by atoms with van der Waals surface area (Å²) in [6, 6.07) is 22.6. The van der Waals surface area contributed by atoms with Gasteiger partial charge in [0, 0.05) is 45.7 Å². The average Bonchev–Trinajstić information content (AvgIpc) is 3.23. The molecule has 1 heterocycles. The molecule has 0 spiro atoms. The fraction of sp³-hybridized carbons (Fsp3) is 0.292. The standard InChI is InChI=1S/C24H28N2O2/c1-19(27)26(18-20-11-13-22(14-12-20)25(2)3)16-15-23(24-10-7-17-28-24)21-8-5-4-6-9-21/h4-14,17,23H,15-16,18H2,1-3H3/t23-/m0/s1. The Morgan fingerprint density at radius 1 is 0.964 bits per heavy atom. The Hall–Kier alpha value is -3.01. The molecule has 1 aromatic heterocycles. The third kappa shape index (κ3) is 5.03. The Kier molecular flexibility index (Phi) is 6.53. The van der Waals surface area contributed by atoms with Crippen LogP contribution in [0.2, 0.25) is 0 Å². The lowest BCUT2D eigenvalue weighted by Crippen LogP contribution is -2.30. The van der Waals surface area contributed by atoms with Crippen molar-refractivity contribution in [1.82, 2.24) is 4.90 Å². The van der Waals surface area contributed by atoms with Crippen molar-refractivity contribution in [1.29, 1.82) is 0 Å². The van der Waals surface area contributed by atoms with E-state index in [1.54, 1.807) is 13.2 Å². The third-order valence-electron chi connectivity index (χ3n) is 5.05. The summed E-state index contributed by atoms with van der Waals surface area (Å²) in [5.41, 5.74) is 3.49.